The number of rotatable bonds is 1. The predicted molar refractivity (Wildman–Crippen MR) is 68.0 cm³/mol. The van der Waals surface area contributed by atoms with Crippen LogP contribution in [0, 0.1) is 0 Å². The van der Waals surface area contributed by atoms with E-state index < -0.39 is 0 Å². The molecule has 0 radical (unpaired) electrons. The summed E-state index contributed by atoms with van der Waals surface area (Å²) in [7, 11) is 0. The molecule has 17 heavy (non-hydrogen) atoms. The minimum atomic E-state index is 0.135. The Balaban J connectivity index is 2.07. The fourth-order valence-electron chi connectivity index (χ4n) is 1.80. The molecule has 0 bridgehead atoms. The Bertz CT molecular complexity index is 569. The standard InChI is InChI=1S/C13H10N2OS/c16-12-8-17-7-11-10(12)6-14-13(15-11)9-4-2-1-3-5-9/h1-6H,7-8H2. The van der Waals surface area contributed by atoms with Crippen molar-refractivity contribution in [2.45, 2.75) is 5.75 Å². The lowest BCUT2D eigenvalue weighted by Gasteiger charge is -2.13. The number of carbonyl (C=O) groups excluding carboxylic acids is 1. The fraction of sp³-hybridized carbons (Fsp3) is 0.154. The molecular formula is C13H10N2OS. The molecule has 1 aromatic carbocycles. The number of ketones is 1. The maximum Gasteiger partial charge on any atom is 0.176 e. The normalized spacial score (nSPS) is 14.5. The molecule has 3 nitrogen and oxygen atoms in total. The van der Waals surface area contributed by atoms with Crippen LogP contribution in [0.15, 0.2) is 36.5 Å². The van der Waals surface area contributed by atoms with E-state index in [0.29, 0.717) is 17.1 Å². The summed E-state index contributed by atoms with van der Waals surface area (Å²) in [5.41, 5.74) is 2.53. The molecule has 1 aromatic heterocycles. The van der Waals surface area contributed by atoms with Crippen molar-refractivity contribution in [2.75, 3.05) is 5.75 Å². The van der Waals surface area contributed by atoms with Gasteiger partial charge in [-0.3, -0.25) is 4.79 Å². The molecule has 0 spiro atoms. The number of fused-ring (bicyclic) bond motifs is 1. The van der Waals surface area contributed by atoms with Gasteiger partial charge in [-0.15, -0.1) is 11.8 Å². The summed E-state index contributed by atoms with van der Waals surface area (Å²) < 4.78 is 0. The first-order valence-corrected chi connectivity index (χ1v) is 6.52. The molecule has 0 saturated carbocycles. The highest BCUT2D eigenvalue weighted by molar-refractivity contribution is 7.99. The molecule has 1 aliphatic rings. The van der Waals surface area contributed by atoms with Gasteiger partial charge in [0, 0.05) is 17.5 Å². The Kier molecular flexibility index (Phi) is 2.65. The third-order valence-electron chi connectivity index (χ3n) is 2.67. The third kappa shape index (κ3) is 1.96. The number of aromatic nitrogens is 2. The van der Waals surface area contributed by atoms with Crippen molar-refractivity contribution in [3.05, 3.63) is 47.8 Å². The predicted octanol–water partition coefficient (Wildman–Crippen LogP) is 2.57. The lowest BCUT2D eigenvalue weighted by atomic mass is 10.1. The van der Waals surface area contributed by atoms with E-state index in [-0.39, 0.29) is 5.78 Å². The molecule has 2 heterocycles. The second kappa shape index (κ2) is 4.30. The summed E-state index contributed by atoms with van der Waals surface area (Å²) in [4.78, 5) is 20.4. The number of nitrogens with zero attached hydrogens (tertiary/aromatic N) is 2. The van der Waals surface area contributed by atoms with Gasteiger partial charge in [0.2, 0.25) is 0 Å². The number of hydrogen-bond acceptors (Lipinski definition) is 4. The van der Waals surface area contributed by atoms with Gasteiger partial charge in [-0.2, -0.15) is 0 Å². The van der Waals surface area contributed by atoms with Crippen LogP contribution < -0.4 is 0 Å². The fourth-order valence-corrected chi connectivity index (χ4v) is 2.66. The smallest absolute Gasteiger partial charge is 0.176 e. The third-order valence-corrected chi connectivity index (χ3v) is 3.62. The number of carbonyl (C=O) groups is 1. The van der Waals surface area contributed by atoms with E-state index in [2.05, 4.69) is 9.97 Å². The van der Waals surface area contributed by atoms with Gasteiger partial charge in [0.15, 0.2) is 11.6 Å². The van der Waals surface area contributed by atoms with Crippen LogP contribution in [0.3, 0.4) is 0 Å². The van der Waals surface area contributed by atoms with Gasteiger partial charge < -0.3 is 0 Å². The van der Waals surface area contributed by atoms with Crippen molar-refractivity contribution >= 4 is 17.5 Å². The van der Waals surface area contributed by atoms with Crippen molar-refractivity contribution in [1.29, 1.82) is 0 Å². The molecule has 0 unspecified atom stereocenters. The van der Waals surface area contributed by atoms with E-state index >= 15 is 0 Å². The number of hydrogen-bond donors (Lipinski definition) is 0. The summed E-state index contributed by atoms with van der Waals surface area (Å²) >= 11 is 1.61. The van der Waals surface area contributed by atoms with Gasteiger partial charge in [0.1, 0.15) is 0 Å². The highest BCUT2D eigenvalue weighted by atomic mass is 32.2. The Morgan fingerprint density at radius 2 is 1.94 bits per heavy atom. The lowest BCUT2D eigenvalue weighted by molar-refractivity contribution is 0.101. The highest BCUT2D eigenvalue weighted by Gasteiger charge is 2.19. The van der Waals surface area contributed by atoms with Gasteiger partial charge in [-0.25, -0.2) is 9.97 Å². The van der Waals surface area contributed by atoms with E-state index in [1.54, 1.807) is 18.0 Å². The van der Waals surface area contributed by atoms with Crippen molar-refractivity contribution in [3.8, 4) is 11.4 Å². The van der Waals surface area contributed by atoms with Crippen molar-refractivity contribution in [3.63, 3.8) is 0 Å². The second-order valence-electron chi connectivity index (χ2n) is 3.84. The van der Waals surface area contributed by atoms with Crippen LogP contribution in [0.5, 0.6) is 0 Å². The minimum Gasteiger partial charge on any atom is -0.293 e. The van der Waals surface area contributed by atoms with Gasteiger partial charge in [0.25, 0.3) is 0 Å². The molecule has 0 saturated heterocycles. The van der Waals surface area contributed by atoms with Crippen LogP contribution in [0.25, 0.3) is 11.4 Å². The molecule has 0 atom stereocenters. The zero-order chi connectivity index (χ0) is 11.7. The van der Waals surface area contributed by atoms with Crippen molar-refractivity contribution in [1.82, 2.24) is 9.97 Å². The molecule has 0 amide bonds. The number of benzene rings is 1. The highest BCUT2D eigenvalue weighted by Crippen LogP contribution is 2.24. The molecule has 0 N–H and O–H groups in total. The van der Waals surface area contributed by atoms with E-state index in [1.165, 1.54) is 0 Å². The zero-order valence-corrected chi connectivity index (χ0v) is 9.91. The van der Waals surface area contributed by atoms with E-state index in [4.69, 9.17) is 0 Å². The molecule has 2 aromatic rings. The number of thioether (sulfide) groups is 1. The van der Waals surface area contributed by atoms with Crippen LogP contribution in [0.2, 0.25) is 0 Å². The Hall–Kier alpha value is -1.68. The monoisotopic (exact) mass is 242 g/mol. The molecule has 3 rings (SSSR count). The average molecular weight is 242 g/mol. The molecule has 0 fully saturated rings. The summed E-state index contributed by atoms with van der Waals surface area (Å²) in [6.45, 7) is 0. The van der Waals surface area contributed by atoms with Crippen LogP contribution in [-0.4, -0.2) is 21.5 Å². The maximum atomic E-state index is 11.6. The van der Waals surface area contributed by atoms with Gasteiger partial charge in [-0.05, 0) is 0 Å². The van der Waals surface area contributed by atoms with E-state index in [0.717, 1.165) is 17.0 Å². The van der Waals surface area contributed by atoms with Gasteiger partial charge >= 0.3 is 0 Å². The lowest BCUT2D eigenvalue weighted by Crippen LogP contribution is -2.14. The minimum absolute atomic E-state index is 0.135. The van der Waals surface area contributed by atoms with E-state index in [1.807, 2.05) is 30.3 Å². The van der Waals surface area contributed by atoms with Crippen molar-refractivity contribution in [2.24, 2.45) is 0 Å². The first-order valence-electron chi connectivity index (χ1n) is 5.37. The molecule has 84 valence electrons. The zero-order valence-electron chi connectivity index (χ0n) is 9.09. The molecule has 0 aliphatic carbocycles. The molecule has 1 aliphatic heterocycles. The summed E-state index contributed by atoms with van der Waals surface area (Å²) in [5.74, 6) is 2.17. The second-order valence-corrected chi connectivity index (χ2v) is 4.82. The van der Waals surface area contributed by atoms with Crippen LogP contribution in [-0.2, 0) is 5.75 Å². The topological polar surface area (TPSA) is 42.9 Å². The number of Topliss-reactive ketones (excluding diaryl/α,β-unsaturated/α-hetero) is 1. The Morgan fingerprint density at radius 3 is 2.76 bits per heavy atom. The van der Waals surface area contributed by atoms with Crippen LogP contribution in [0.4, 0.5) is 0 Å². The van der Waals surface area contributed by atoms with Crippen LogP contribution >= 0.6 is 11.8 Å². The molecule has 4 heteroatoms. The first-order chi connectivity index (χ1) is 8.34. The quantitative estimate of drug-likeness (QED) is 0.771. The van der Waals surface area contributed by atoms with E-state index in [9.17, 15) is 4.79 Å². The SMILES string of the molecule is O=C1CSCc2nc(-c3ccccc3)ncc21. The van der Waals surface area contributed by atoms with Crippen LogP contribution in [0.1, 0.15) is 16.1 Å². The Morgan fingerprint density at radius 1 is 1.12 bits per heavy atom. The first kappa shape index (κ1) is 10.5. The Labute approximate surface area is 103 Å². The van der Waals surface area contributed by atoms with Gasteiger partial charge in [0.05, 0.1) is 17.0 Å². The molecular weight excluding hydrogens is 232 g/mol. The van der Waals surface area contributed by atoms with Crippen molar-refractivity contribution < 1.29 is 4.79 Å². The summed E-state index contributed by atoms with van der Waals surface area (Å²) in [5, 5.41) is 0. The van der Waals surface area contributed by atoms with Gasteiger partial charge in [-0.1, -0.05) is 30.3 Å². The average Bonchev–Trinajstić information content (AvgIpc) is 2.40. The maximum absolute atomic E-state index is 11.6. The largest absolute Gasteiger partial charge is 0.293 e. The summed E-state index contributed by atoms with van der Waals surface area (Å²) in [6, 6.07) is 9.82. The summed E-state index contributed by atoms with van der Waals surface area (Å²) in [6.07, 6.45) is 1.66.